The molecule has 39 heavy (non-hydrogen) atoms. The molecule has 3 atom stereocenters. The fourth-order valence-electron chi connectivity index (χ4n) is 6.19. The number of likely N-dealkylation sites (tertiary alicyclic amines) is 1. The summed E-state index contributed by atoms with van der Waals surface area (Å²) in [6.07, 6.45) is 4.65. The number of alkyl halides is 2. The van der Waals surface area contributed by atoms with Gasteiger partial charge in [0.2, 0.25) is 5.91 Å². The van der Waals surface area contributed by atoms with Gasteiger partial charge in [-0.25, -0.2) is 8.78 Å². The third-order valence-electron chi connectivity index (χ3n) is 8.24. The minimum absolute atomic E-state index is 0.0339. The van der Waals surface area contributed by atoms with Gasteiger partial charge in [-0.05, 0) is 93.8 Å². The second-order valence-corrected chi connectivity index (χ2v) is 10.8. The fraction of sp³-hybridized carbons (Fsp3) is 0.483. The molecule has 2 aromatic rings. The van der Waals surface area contributed by atoms with Gasteiger partial charge in [0.05, 0.1) is 5.56 Å². The second kappa shape index (κ2) is 10.6. The van der Waals surface area contributed by atoms with Gasteiger partial charge in [-0.3, -0.25) is 14.4 Å². The Bertz CT molecular complexity index is 1280. The highest BCUT2D eigenvalue weighted by molar-refractivity contribution is 6.04. The number of carbonyl (C=O) groups is 3. The lowest BCUT2D eigenvalue weighted by Crippen LogP contribution is -2.54. The molecule has 6 nitrogen and oxygen atoms in total. The minimum Gasteiger partial charge on any atom is -0.342 e. The van der Waals surface area contributed by atoms with Crippen LogP contribution in [0.2, 0.25) is 0 Å². The van der Waals surface area contributed by atoms with Crippen molar-refractivity contribution in [2.45, 2.75) is 69.9 Å². The minimum atomic E-state index is -4.21. The van der Waals surface area contributed by atoms with E-state index >= 15 is 8.78 Å². The van der Waals surface area contributed by atoms with Crippen LogP contribution < -0.4 is 5.32 Å². The third kappa shape index (κ3) is 5.25. The molecule has 3 heterocycles. The van der Waals surface area contributed by atoms with Crippen LogP contribution in [0.4, 0.5) is 23.2 Å². The summed E-state index contributed by atoms with van der Waals surface area (Å²) < 4.78 is 59.4. The van der Waals surface area contributed by atoms with Gasteiger partial charge in [0.25, 0.3) is 11.8 Å². The van der Waals surface area contributed by atoms with E-state index in [1.165, 1.54) is 19.1 Å². The monoisotopic (exact) mass is 545 g/mol. The number of carbonyl (C=O) groups excluding carboxylic acids is 3. The summed E-state index contributed by atoms with van der Waals surface area (Å²) in [5.74, 6) is -8.57. The number of anilines is 1. The van der Waals surface area contributed by atoms with Gasteiger partial charge in [0.1, 0.15) is 11.6 Å². The molecule has 0 radical (unpaired) electrons. The number of piperidine rings is 2. The summed E-state index contributed by atoms with van der Waals surface area (Å²) in [6, 6.07) is 5.29. The molecule has 1 unspecified atom stereocenters. The van der Waals surface area contributed by atoms with Crippen LogP contribution in [0.3, 0.4) is 0 Å². The first kappa shape index (κ1) is 27.1. The third-order valence-corrected chi connectivity index (χ3v) is 8.24. The average molecular weight is 546 g/mol. The summed E-state index contributed by atoms with van der Waals surface area (Å²) in [5.41, 5.74) is -0.928. The van der Waals surface area contributed by atoms with Crippen LogP contribution in [0, 0.1) is 24.5 Å². The molecule has 1 N–H and O–H groups in total. The molecule has 0 aliphatic carbocycles. The highest BCUT2D eigenvalue weighted by Gasteiger charge is 2.54. The number of amides is 3. The van der Waals surface area contributed by atoms with Crippen molar-refractivity contribution in [2.24, 2.45) is 5.92 Å². The van der Waals surface area contributed by atoms with Crippen molar-refractivity contribution in [3.63, 3.8) is 0 Å². The molecular formula is C29H31F4N3O3. The van der Waals surface area contributed by atoms with Crippen LogP contribution in [-0.2, 0) is 15.5 Å². The molecule has 0 saturated carbocycles. The van der Waals surface area contributed by atoms with Gasteiger partial charge in [-0.1, -0.05) is 0 Å². The summed E-state index contributed by atoms with van der Waals surface area (Å²) in [5, 5.41) is 2.48. The zero-order chi connectivity index (χ0) is 27.9. The van der Waals surface area contributed by atoms with Crippen molar-refractivity contribution < 1.29 is 31.9 Å². The lowest BCUT2D eigenvalue weighted by Gasteiger charge is -2.41. The molecule has 2 aromatic carbocycles. The van der Waals surface area contributed by atoms with Gasteiger partial charge in [-0.2, -0.15) is 8.78 Å². The summed E-state index contributed by atoms with van der Waals surface area (Å²) in [6.45, 7) is 2.91. The van der Waals surface area contributed by atoms with Gasteiger partial charge in [0, 0.05) is 42.3 Å². The number of nitrogens with one attached hydrogen (secondary N) is 1. The standard InChI is InChI=1S/C29H31F4N3O3/c1-17-13-20(6-10-24(17)30)34-26(37)18-5-9-25(31)23(16-18)29(32,33)28(39)36-21-7-8-22(36)15-19(14-21)27(38)35-11-3-2-4-12-35/h5-6,9-10,13,16,19,21-22H,2-4,7-8,11-12,14-15H2,1H3,(H,34,37)/t19?,21-,22+. The maximum absolute atomic E-state index is 15.6. The van der Waals surface area contributed by atoms with Crippen molar-refractivity contribution in [3.8, 4) is 0 Å². The maximum Gasteiger partial charge on any atom is 0.352 e. The van der Waals surface area contributed by atoms with E-state index in [1.807, 2.05) is 4.90 Å². The van der Waals surface area contributed by atoms with E-state index in [2.05, 4.69) is 5.32 Å². The quantitative estimate of drug-likeness (QED) is 0.512. The first-order valence-electron chi connectivity index (χ1n) is 13.4. The topological polar surface area (TPSA) is 69.7 Å². The molecular weight excluding hydrogens is 514 g/mol. The van der Waals surface area contributed by atoms with Crippen LogP contribution in [0.1, 0.15) is 66.4 Å². The van der Waals surface area contributed by atoms with E-state index in [9.17, 15) is 23.2 Å². The number of benzene rings is 2. The SMILES string of the molecule is Cc1cc(NC(=O)c2ccc(F)c(C(F)(F)C(=O)N3[C@@H]4CC[C@H]3CC(C(=O)N3CCCCC3)C4)c2)ccc1F. The van der Waals surface area contributed by atoms with Crippen LogP contribution in [0.5, 0.6) is 0 Å². The predicted octanol–water partition coefficient (Wildman–Crippen LogP) is 5.40. The van der Waals surface area contributed by atoms with Crippen molar-refractivity contribution in [3.05, 3.63) is 64.7 Å². The van der Waals surface area contributed by atoms with E-state index < -0.39 is 47.0 Å². The molecule has 3 aliphatic rings. The molecule has 0 spiro atoms. The number of hydrogen-bond donors (Lipinski definition) is 1. The van der Waals surface area contributed by atoms with Crippen molar-refractivity contribution in [1.29, 1.82) is 0 Å². The largest absolute Gasteiger partial charge is 0.352 e. The van der Waals surface area contributed by atoms with Gasteiger partial charge < -0.3 is 15.1 Å². The van der Waals surface area contributed by atoms with Gasteiger partial charge >= 0.3 is 5.92 Å². The first-order valence-corrected chi connectivity index (χ1v) is 13.4. The molecule has 3 fully saturated rings. The van der Waals surface area contributed by atoms with E-state index in [4.69, 9.17) is 0 Å². The molecule has 0 aromatic heterocycles. The normalized spacial score (nSPS) is 23.1. The Morgan fingerprint density at radius 2 is 1.54 bits per heavy atom. The summed E-state index contributed by atoms with van der Waals surface area (Å²) >= 11 is 0. The molecule has 5 rings (SSSR count). The Morgan fingerprint density at radius 1 is 0.897 bits per heavy atom. The number of hydrogen-bond acceptors (Lipinski definition) is 3. The highest BCUT2D eigenvalue weighted by atomic mass is 19.3. The number of nitrogens with zero attached hydrogens (tertiary/aromatic N) is 2. The summed E-state index contributed by atoms with van der Waals surface area (Å²) in [4.78, 5) is 42.0. The van der Waals surface area contributed by atoms with E-state index in [0.29, 0.717) is 44.8 Å². The highest BCUT2D eigenvalue weighted by Crippen LogP contribution is 2.44. The molecule has 3 saturated heterocycles. The fourth-order valence-corrected chi connectivity index (χ4v) is 6.19. The Labute approximate surface area is 224 Å². The molecule has 10 heteroatoms. The second-order valence-electron chi connectivity index (χ2n) is 10.8. The van der Waals surface area contributed by atoms with Gasteiger partial charge in [0.15, 0.2) is 0 Å². The maximum atomic E-state index is 15.6. The summed E-state index contributed by atoms with van der Waals surface area (Å²) in [7, 11) is 0. The van der Waals surface area contributed by atoms with E-state index in [0.717, 1.165) is 42.4 Å². The molecule has 3 amide bonds. The van der Waals surface area contributed by atoms with Crippen molar-refractivity contribution >= 4 is 23.4 Å². The van der Waals surface area contributed by atoms with Crippen LogP contribution in [0.25, 0.3) is 0 Å². The van der Waals surface area contributed by atoms with E-state index in [-0.39, 0.29) is 28.6 Å². The number of rotatable bonds is 5. The zero-order valence-electron chi connectivity index (χ0n) is 21.7. The van der Waals surface area contributed by atoms with Crippen LogP contribution >= 0.6 is 0 Å². The van der Waals surface area contributed by atoms with Crippen LogP contribution in [0.15, 0.2) is 36.4 Å². The van der Waals surface area contributed by atoms with Gasteiger partial charge in [-0.15, -0.1) is 0 Å². The van der Waals surface area contributed by atoms with Crippen molar-refractivity contribution in [1.82, 2.24) is 9.80 Å². The Balaban J connectivity index is 1.32. The van der Waals surface area contributed by atoms with Crippen molar-refractivity contribution in [2.75, 3.05) is 18.4 Å². The lowest BCUT2D eigenvalue weighted by atomic mass is 9.88. The Morgan fingerprint density at radius 3 is 2.18 bits per heavy atom. The first-order chi connectivity index (χ1) is 18.6. The zero-order valence-corrected chi connectivity index (χ0v) is 21.7. The number of fused-ring (bicyclic) bond motifs is 2. The number of halogens is 4. The lowest BCUT2D eigenvalue weighted by molar-refractivity contribution is -0.166. The smallest absolute Gasteiger partial charge is 0.342 e. The predicted molar refractivity (Wildman–Crippen MR) is 136 cm³/mol. The Hall–Kier alpha value is -3.43. The number of aryl methyl sites for hydroxylation is 1. The Kier molecular flexibility index (Phi) is 7.39. The van der Waals surface area contributed by atoms with Crippen LogP contribution in [-0.4, -0.2) is 52.7 Å². The van der Waals surface area contributed by atoms with E-state index in [1.54, 1.807) is 0 Å². The molecule has 3 aliphatic heterocycles. The molecule has 2 bridgehead atoms. The molecule has 208 valence electrons. The average Bonchev–Trinajstić information content (AvgIpc) is 3.18.